The number of alkyl halides is 2. The van der Waals surface area contributed by atoms with E-state index < -0.39 is 22.7 Å². The van der Waals surface area contributed by atoms with Crippen LogP contribution in [0.4, 0.5) is 8.78 Å². The molecule has 0 aliphatic heterocycles. The van der Waals surface area contributed by atoms with Crippen LogP contribution in [0.1, 0.15) is 18.7 Å². The Balaban J connectivity index is 2.21. The topological polar surface area (TPSA) is 81.4 Å². The predicted molar refractivity (Wildman–Crippen MR) is 73.3 cm³/mol. The van der Waals surface area contributed by atoms with E-state index in [1.165, 1.54) is 12.3 Å². The fraction of sp³-hybridized carbons (Fsp3) is 0.250. The van der Waals surface area contributed by atoms with E-state index in [9.17, 15) is 17.2 Å². The van der Waals surface area contributed by atoms with Crippen molar-refractivity contribution in [1.82, 2.24) is 9.88 Å². The Labute approximate surface area is 130 Å². The fourth-order valence-electron chi connectivity index (χ4n) is 1.65. The van der Waals surface area contributed by atoms with Crippen LogP contribution < -0.4 is 9.46 Å². The minimum Gasteiger partial charge on any atom is -0.433 e. The van der Waals surface area contributed by atoms with Crippen molar-refractivity contribution >= 4 is 21.6 Å². The molecule has 10 heteroatoms. The molecule has 0 saturated heterocycles. The smallest absolute Gasteiger partial charge is 0.387 e. The van der Waals surface area contributed by atoms with Gasteiger partial charge in [0.25, 0.3) is 0 Å². The summed E-state index contributed by atoms with van der Waals surface area (Å²) in [5, 5.41) is 3.39. The van der Waals surface area contributed by atoms with Crippen molar-refractivity contribution < 1.29 is 26.5 Å². The van der Waals surface area contributed by atoms with E-state index in [0.29, 0.717) is 5.69 Å². The number of ether oxygens (including phenoxy) is 1. The van der Waals surface area contributed by atoms with E-state index in [0.717, 1.165) is 18.2 Å². The molecule has 1 atom stereocenters. The predicted octanol–water partition coefficient (Wildman–Crippen LogP) is 2.97. The Hall–Kier alpha value is -1.71. The minimum atomic E-state index is -3.91. The largest absolute Gasteiger partial charge is 0.433 e. The van der Waals surface area contributed by atoms with Crippen LogP contribution in [-0.2, 0) is 10.0 Å². The van der Waals surface area contributed by atoms with E-state index in [1.54, 1.807) is 6.92 Å². The lowest BCUT2D eigenvalue weighted by Gasteiger charge is -2.13. The summed E-state index contributed by atoms with van der Waals surface area (Å²) in [5.74, 6) is -0.305. The average Bonchev–Trinajstić information content (AvgIpc) is 2.94. The van der Waals surface area contributed by atoms with Crippen molar-refractivity contribution in [2.45, 2.75) is 24.5 Å². The molecule has 1 heterocycles. The van der Waals surface area contributed by atoms with Crippen LogP contribution in [0.25, 0.3) is 0 Å². The molecule has 0 radical (unpaired) electrons. The van der Waals surface area contributed by atoms with E-state index in [-0.39, 0.29) is 15.7 Å². The van der Waals surface area contributed by atoms with Crippen molar-refractivity contribution in [2.24, 2.45) is 0 Å². The number of nitrogens with zero attached hydrogens (tertiary/aromatic N) is 1. The summed E-state index contributed by atoms with van der Waals surface area (Å²) in [6.45, 7) is -1.48. The molecular weight excluding hydrogens is 342 g/mol. The van der Waals surface area contributed by atoms with Gasteiger partial charge < -0.3 is 9.26 Å². The van der Waals surface area contributed by atoms with Gasteiger partial charge in [-0.25, -0.2) is 13.1 Å². The number of hydrogen-bond acceptors (Lipinski definition) is 5. The van der Waals surface area contributed by atoms with Gasteiger partial charge in [-0.1, -0.05) is 16.8 Å². The first-order valence-electron chi connectivity index (χ1n) is 5.96. The molecule has 0 aliphatic rings. The van der Waals surface area contributed by atoms with Crippen molar-refractivity contribution in [3.63, 3.8) is 0 Å². The zero-order chi connectivity index (χ0) is 16.3. The summed E-state index contributed by atoms with van der Waals surface area (Å²) < 4.78 is 59.8. The highest BCUT2D eigenvalue weighted by molar-refractivity contribution is 7.89. The van der Waals surface area contributed by atoms with Crippen LogP contribution in [0, 0.1) is 0 Å². The monoisotopic (exact) mass is 352 g/mol. The summed E-state index contributed by atoms with van der Waals surface area (Å²) in [6, 6.07) is 4.07. The lowest BCUT2D eigenvalue weighted by molar-refractivity contribution is -0.0498. The first-order chi connectivity index (χ1) is 10.3. The SMILES string of the molecule is C[C@H](NS(=O)(=O)c1ccc(OC(F)F)c(Cl)c1)c1ccon1. The van der Waals surface area contributed by atoms with Crippen LogP contribution in [0.15, 0.2) is 39.9 Å². The molecule has 0 aliphatic carbocycles. The highest BCUT2D eigenvalue weighted by atomic mass is 35.5. The first kappa shape index (κ1) is 16.7. The Morgan fingerprint density at radius 1 is 1.36 bits per heavy atom. The van der Waals surface area contributed by atoms with Crippen molar-refractivity contribution in [3.8, 4) is 5.75 Å². The van der Waals surface area contributed by atoms with E-state index in [4.69, 9.17) is 11.6 Å². The van der Waals surface area contributed by atoms with Crippen LogP contribution in [0.5, 0.6) is 5.75 Å². The number of sulfonamides is 1. The highest BCUT2D eigenvalue weighted by Crippen LogP contribution is 2.29. The maximum Gasteiger partial charge on any atom is 0.387 e. The maximum atomic E-state index is 12.2. The molecule has 2 aromatic rings. The molecule has 22 heavy (non-hydrogen) atoms. The van der Waals surface area contributed by atoms with E-state index >= 15 is 0 Å². The lowest BCUT2D eigenvalue weighted by atomic mass is 10.3. The summed E-state index contributed by atoms with van der Waals surface area (Å²) >= 11 is 5.74. The van der Waals surface area contributed by atoms with E-state index in [2.05, 4.69) is 19.1 Å². The Bertz CT molecular complexity index is 738. The van der Waals surface area contributed by atoms with Crippen molar-refractivity contribution in [3.05, 3.63) is 41.2 Å². The summed E-state index contributed by atoms with van der Waals surface area (Å²) in [5.41, 5.74) is 0.396. The molecule has 0 unspecified atom stereocenters. The molecule has 0 saturated carbocycles. The quantitative estimate of drug-likeness (QED) is 0.864. The van der Waals surface area contributed by atoms with E-state index in [1.807, 2.05) is 0 Å². The van der Waals surface area contributed by atoms with Crippen molar-refractivity contribution in [2.75, 3.05) is 0 Å². The number of halogens is 3. The first-order valence-corrected chi connectivity index (χ1v) is 7.82. The van der Waals surface area contributed by atoms with Crippen LogP contribution in [-0.4, -0.2) is 20.2 Å². The second kappa shape index (κ2) is 6.59. The number of rotatable bonds is 6. The molecule has 0 spiro atoms. The van der Waals surface area contributed by atoms with Gasteiger partial charge in [0.05, 0.1) is 16.0 Å². The summed E-state index contributed by atoms with van der Waals surface area (Å²) in [4.78, 5) is -0.186. The number of hydrogen-bond donors (Lipinski definition) is 1. The second-order valence-electron chi connectivity index (χ2n) is 4.24. The molecule has 120 valence electrons. The minimum absolute atomic E-state index is 0.186. The Kier molecular flexibility index (Phi) is 4.99. The molecule has 0 amide bonds. The number of nitrogens with one attached hydrogen (secondary N) is 1. The fourth-order valence-corrected chi connectivity index (χ4v) is 3.18. The summed E-state index contributed by atoms with van der Waals surface area (Å²) in [7, 11) is -3.91. The van der Waals surface area contributed by atoms with Gasteiger partial charge in [-0.3, -0.25) is 0 Å². The van der Waals surface area contributed by atoms with Gasteiger partial charge in [0.2, 0.25) is 10.0 Å². The molecule has 0 fully saturated rings. The molecule has 1 aromatic carbocycles. The number of benzene rings is 1. The Morgan fingerprint density at radius 2 is 2.09 bits per heavy atom. The second-order valence-corrected chi connectivity index (χ2v) is 6.36. The molecular formula is C12H11ClF2N2O4S. The lowest BCUT2D eigenvalue weighted by Crippen LogP contribution is -2.27. The third-order valence-corrected chi connectivity index (χ3v) is 4.50. The van der Waals surface area contributed by atoms with Crippen LogP contribution in [0.3, 0.4) is 0 Å². The maximum absolute atomic E-state index is 12.2. The van der Waals surface area contributed by atoms with Gasteiger partial charge in [0.15, 0.2) is 0 Å². The molecule has 0 bridgehead atoms. The zero-order valence-corrected chi connectivity index (χ0v) is 12.7. The van der Waals surface area contributed by atoms with Crippen LogP contribution in [0.2, 0.25) is 5.02 Å². The third-order valence-electron chi connectivity index (χ3n) is 2.66. The average molecular weight is 353 g/mol. The van der Waals surface area contributed by atoms with Crippen molar-refractivity contribution in [1.29, 1.82) is 0 Å². The van der Waals surface area contributed by atoms with Gasteiger partial charge >= 0.3 is 6.61 Å². The summed E-state index contributed by atoms with van der Waals surface area (Å²) in [6.07, 6.45) is 1.31. The normalized spacial score (nSPS) is 13.3. The van der Waals surface area contributed by atoms with Gasteiger partial charge in [-0.05, 0) is 25.1 Å². The van der Waals surface area contributed by atoms with Gasteiger partial charge in [0, 0.05) is 6.07 Å². The number of aromatic nitrogens is 1. The molecule has 6 nitrogen and oxygen atoms in total. The molecule has 1 N–H and O–H groups in total. The van der Waals surface area contributed by atoms with Gasteiger partial charge in [0.1, 0.15) is 17.7 Å². The van der Waals surface area contributed by atoms with Crippen LogP contribution >= 0.6 is 11.6 Å². The zero-order valence-electron chi connectivity index (χ0n) is 11.2. The Morgan fingerprint density at radius 3 is 2.64 bits per heavy atom. The molecule has 1 aromatic heterocycles. The highest BCUT2D eigenvalue weighted by Gasteiger charge is 2.21. The van der Waals surface area contributed by atoms with Gasteiger partial charge in [-0.15, -0.1) is 0 Å². The molecule has 2 rings (SSSR count). The third kappa shape index (κ3) is 3.93. The standard InChI is InChI=1S/C12H11ClF2N2O4S/c1-7(10-4-5-20-16-10)17-22(18,19)8-2-3-11(9(13)6-8)21-12(14)15/h2-7,12,17H,1H3/t7-/m0/s1. The van der Waals surface area contributed by atoms with Gasteiger partial charge in [-0.2, -0.15) is 8.78 Å².